The second-order valence-corrected chi connectivity index (χ2v) is 7.60. The molecule has 0 aromatic heterocycles. The highest BCUT2D eigenvalue weighted by molar-refractivity contribution is 7.90. The summed E-state index contributed by atoms with van der Waals surface area (Å²) < 4.78 is 28.3. The molecule has 9 nitrogen and oxygen atoms in total. The molecule has 0 radical (unpaired) electrons. The first-order valence-corrected chi connectivity index (χ1v) is 9.50. The molecule has 2 rings (SSSR count). The number of carbonyl (C=O) groups is 2. The van der Waals surface area contributed by atoms with Crippen molar-refractivity contribution < 1.29 is 27.7 Å². The smallest absolute Gasteiger partial charge is 0.345 e. The number of nitrogens with zero attached hydrogens (tertiary/aromatic N) is 1. The zero-order valence-electron chi connectivity index (χ0n) is 14.5. The van der Waals surface area contributed by atoms with Crippen molar-refractivity contribution in [2.24, 2.45) is 0 Å². The fourth-order valence-corrected chi connectivity index (χ4v) is 3.20. The molecule has 0 unspecified atom stereocenters. The minimum absolute atomic E-state index is 0.0441. The number of benzene rings is 2. The highest BCUT2D eigenvalue weighted by Gasteiger charge is 2.24. The van der Waals surface area contributed by atoms with E-state index in [1.807, 2.05) is 0 Å². The minimum Gasteiger partial charge on any atom is -0.452 e. The molecule has 1 N–H and O–H groups in total. The molecule has 10 heteroatoms. The van der Waals surface area contributed by atoms with Crippen LogP contribution in [0.1, 0.15) is 15.9 Å². The molecule has 1 amide bonds. The lowest BCUT2D eigenvalue weighted by atomic mass is 10.1. The predicted octanol–water partition coefficient (Wildman–Crippen LogP) is 2.10. The molecule has 0 heterocycles. The number of nitro groups is 1. The SMILES string of the molecule is Cc1cccc(C(=O)OCC(=O)Nc2ccccc2S(C)(=O)=O)c1[N+](=O)[O-]. The van der Waals surface area contributed by atoms with E-state index in [0.717, 1.165) is 6.26 Å². The molecule has 2 aromatic carbocycles. The van der Waals surface area contributed by atoms with Gasteiger partial charge in [0.15, 0.2) is 16.4 Å². The second kappa shape index (κ2) is 7.96. The summed E-state index contributed by atoms with van der Waals surface area (Å²) in [6.07, 6.45) is 0.995. The van der Waals surface area contributed by atoms with Crippen LogP contribution in [0, 0.1) is 17.0 Å². The maximum atomic E-state index is 12.1. The molecule has 0 bridgehead atoms. The Morgan fingerprint density at radius 1 is 1.15 bits per heavy atom. The lowest BCUT2D eigenvalue weighted by Gasteiger charge is -2.10. The van der Waals surface area contributed by atoms with Gasteiger partial charge in [-0.15, -0.1) is 0 Å². The molecule has 0 spiro atoms. The minimum atomic E-state index is -3.57. The van der Waals surface area contributed by atoms with E-state index >= 15 is 0 Å². The predicted molar refractivity (Wildman–Crippen MR) is 96.3 cm³/mol. The van der Waals surface area contributed by atoms with E-state index in [1.54, 1.807) is 0 Å². The average molecular weight is 392 g/mol. The Kier molecular flexibility index (Phi) is 5.91. The van der Waals surface area contributed by atoms with Crippen molar-refractivity contribution in [1.29, 1.82) is 0 Å². The van der Waals surface area contributed by atoms with Crippen LogP contribution >= 0.6 is 0 Å². The van der Waals surface area contributed by atoms with E-state index in [0.29, 0.717) is 0 Å². The molecule has 0 aliphatic rings. The number of hydrogen-bond acceptors (Lipinski definition) is 7. The molecule has 142 valence electrons. The quantitative estimate of drug-likeness (QED) is 0.452. The summed E-state index contributed by atoms with van der Waals surface area (Å²) >= 11 is 0. The van der Waals surface area contributed by atoms with E-state index in [-0.39, 0.29) is 21.7 Å². The van der Waals surface area contributed by atoms with Crippen LogP contribution in [0.25, 0.3) is 0 Å². The van der Waals surface area contributed by atoms with Crippen molar-refractivity contribution in [1.82, 2.24) is 0 Å². The Bertz CT molecular complexity index is 1020. The van der Waals surface area contributed by atoms with Gasteiger partial charge in [-0.05, 0) is 25.1 Å². The van der Waals surface area contributed by atoms with Gasteiger partial charge < -0.3 is 10.1 Å². The lowest BCUT2D eigenvalue weighted by molar-refractivity contribution is -0.385. The number of nitro benzene ring substituents is 1. The van der Waals surface area contributed by atoms with Crippen molar-refractivity contribution in [3.8, 4) is 0 Å². The van der Waals surface area contributed by atoms with Crippen molar-refractivity contribution in [2.75, 3.05) is 18.2 Å². The van der Waals surface area contributed by atoms with Crippen LogP contribution in [0.3, 0.4) is 0 Å². The largest absolute Gasteiger partial charge is 0.452 e. The van der Waals surface area contributed by atoms with Gasteiger partial charge in [-0.2, -0.15) is 0 Å². The molecular weight excluding hydrogens is 376 g/mol. The number of carbonyl (C=O) groups excluding carboxylic acids is 2. The summed E-state index contributed by atoms with van der Waals surface area (Å²) in [6.45, 7) is 0.742. The van der Waals surface area contributed by atoms with Crippen LogP contribution in [-0.4, -0.2) is 38.1 Å². The third-order valence-corrected chi connectivity index (χ3v) is 4.69. The van der Waals surface area contributed by atoms with Gasteiger partial charge in [0.2, 0.25) is 0 Å². The second-order valence-electron chi connectivity index (χ2n) is 5.62. The Morgan fingerprint density at radius 3 is 2.44 bits per heavy atom. The number of rotatable bonds is 6. The van der Waals surface area contributed by atoms with Gasteiger partial charge in [-0.3, -0.25) is 14.9 Å². The van der Waals surface area contributed by atoms with Gasteiger partial charge in [0.05, 0.1) is 15.5 Å². The van der Waals surface area contributed by atoms with Gasteiger partial charge in [0.25, 0.3) is 11.6 Å². The van der Waals surface area contributed by atoms with Crippen LogP contribution in [0.5, 0.6) is 0 Å². The molecule has 0 fully saturated rings. The zero-order chi connectivity index (χ0) is 20.2. The van der Waals surface area contributed by atoms with Crippen molar-refractivity contribution in [3.05, 3.63) is 63.7 Å². The Balaban J connectivity index is 2.11. The van der Waals surface area contributed by atoms with Gasteiger partial charge in [-0.1, -0.05) is 24.3 Å². The van der Waals surface area contributed by atoms with E-state index < -0.39 is 38.9 Å². The number of anilines is 1. The van der Waals surface area contributed by atoms with E-state index in [1.165, 1.54) is 49.4 Å². The van der Waals surface area contributed by atoms with Crippen molar-refractivity contribution in [2.45, 2.75) is 11.8 Å². The Labute approximate surface area is 155 Å². The number of ether oxygens (including phenoxy) is 1. The van der Waals surface area contributed by atoms with Crippen molar-refractivity contribution in [3.63, 3.8) is 0 Å². The highest BCUT2D eigenvalue weighted by atomic mass is 32.2. The fourth-order valence-electron chi connectivity index (χ4n) is 2.35. The zero-order valence-corrected chi connectivity index (χ0v) is 15.3. The normalized spacial score (nSPS) is 10.9. The summed E-state index contributed by atoms with van der Waals surface area (Å²) in [7, 11) is -3.57. The maximum absolute atomic E-state index is 12.1. The van der Waals surface area contributed by atoms with Crippen LogP contribution in [0.2, 0.25) is 0 Å². The third-order valence-electron chi connectivity index (χ3n) is 3.54. The molecule has 0 aliphatic heterocycles. The summed E-state index contributed by atoms with van der Waals surface area (Å²) in [5.74, 6) is -1.81. The number of esters is 1. The standard InChI is InChI=1S/C17H16N2O7S/c1-11-6-5-7-12(16(11)19(22)23)17(21)26-10-15(20)18-13-8-3-4-9-14(13)27(2,24)25/h3-9H,10H2,1-2H3,(H,18,20). The van der Waals surface area contributed by atoms with Gasteiger partial charge in [0, 0.05) is 11.8 Å². The average Bonchev–Trinajstić information content (AvgIpc) is 2.58. The molecule has 0 aliphatic carbocycles. The molecule has 0 saturated heterocycles. The first-order valence-electron chi connectivity index (χ1n) is 7.61. The van der Waals surface area contributed by atoms with E-state index in [4.69, 9.17) is 4.74 Å². The van der Waals surface area contributed by atoms with E-state index in [9.17, 15) is 28.1 Å². The first kappa shape index (κ1) is 20.0. The summed E-state index contributed by atoms with van der Waals surface area (Å²) in [5, 5.41) is 13.5. The molecule has 0 atom stereocenters. The number of para-hydroxylation sites is 2. The first-order chi connectivity index (χ1) is 12.6. The van der Waals surface area contributed by atoms with Gasteiger partial charge in [0.1, 0.15) is 5.56 Å². The number of nitrogens with one attached hydrogen (secondary N) is 1. The molecular formula is C17H16N2O7S. The maximum Gasteiger partial charge on any atom is 0.345 e. The van der Waals surface area contributed by atoms with E-state index in [2.05, 4.69) is 5.32 Å². The number of amides is 1. The van der Waals surface area contributed by atoms with Crippen LogP contribution in [0.15, 0.2) is 47.4 Å². The number of hydrogen-bond donors (Lipinski definition) is 1. The summed E-state index contributed by atoms with van der Waals surface area (Å²) in [4.78, 5) is 34.4. The fraction of sp³-hybridized carbons (Fsp3) is 0.176. The summed E-state index contributed by atoms with van der Waals surface area (Å²) in [5.41, 5.74) is -0.349. The topological polar surface area (TPSA) is 133 Å². The molecule has 0 saturated carbocycles. The van der Waals surface area contributed by atoms with Gasteiger partial charge in [-0.25, -0.2) is 13.2 Å². The number of aryl methyl sites for hydroxylation is 1. The van der Waals surface area contributed by atoms with Crippen LogP contribution in [-0.2, 0) is 19.4 Å². The van der Waals surface area contributed by atoms with Crippen LogP contribution in [0.4, 0.5) is 11.4 Å². The molecule has 27 heavy (non-hydrogen) atoms. The Hall–Kier alpha value is -3.27. The lowest BCUT2D eigenvalue weighted by Crippen LogP contribution is -2.22. The number of sulfone groups is 1. The third kappa shape index (κ3) is 4.88. The highest BCUT2D eigenvalue weighted by Crippen LogP contribution is 2.24. The summed E-state index contributed by atoms with van der Waals surface area (Å²) in [6, 6.07) is 9.92. The molecule has 2 aromatic rings. The van der Waals surface area contributed by atoms with Gasteiger partial charge >= 0.3 is 5.97 Å². The van der Waals surface area contributed by atoms with Crippen LogP contribution < -0.4 is 5.32 Å². The van der Waals surface area contributed by atoms with Crippen molar-refractivity contribution >= 4 is 33.1 Å². The Morgan fingerprint density at radius 2 is 1.81 bits per heavy atom. The monoisotopic (exact) mass is 392 g/mol.